The van der Waals surface area contributed by atoms with Crippen molar-refractivity contribution in [2.75, 3.05) is 25.4 Å². The van der Waals surface area contributed by atoms with Crippen LogP contribution in [-0.2, 0) is 14.4 Å². The van der Waals surface area contributed by atoms with E-state index in [-0.39, 0.29) is 25.4 Å². The highest BCUT2D eigenvalue weighted by Gasteiger charge is 2.40. The summed E-state index contributed by atoms with van der Waals surface area (Å²) in [6.45, 7) is 0. The zero-order chi connectivity index (χ0) is 18.0. The molecule has 0 saturated heterocycles. The van der Waals surface area contributed by atoms with Crippen molar-refractivity contribution in [1.82, 2.24) is 0 Å². The van der Waals surface area contributed by atoms with Gasteiger partial charge in [-0.25, -0.2) is 4.79 Å². The maximum absolute atomic E-state index is 10.3. The summed E-state index contributed by atoms with van der Waals surface area (Å²) >= 11 is 0. The number of hydrogen-bond donors (Lipinski definition) is 8. The van der Waals surface area contributed by atoms with E-state index < -0.39 is 43.6 Å². The number of carbonyl (C=O) groups is 3. The molecule has 0 aliphatic carbocycles. The Morgan fingerprint density at radius 3 is 1.09 bits per heavy atom. The van der Waals surface area contributed by atoms with Crippen LogP contribution < -0.4 is 0 Å². The first-order valence-corrected chi connectivity index (χ1v) is 8.23. The van der Waals surface area contributed by atoms with Crippen LogP contribution in [0.3, 0.4) is 0 Å². The van der Waals surface area contributed by atoms with Crippen LogP contribution in [0.15, 0.2) is 0 Å². The van der Waals surface area contributed by atoms with Gasteiger partial charge in [0, 0.05) is 0 Å². The third-order valence-electron chi connectivity index (χ3n) is 2.49. The molecule has 8 N–H and O–H groups in total. The number of rotatable bonds is 9. The molecule has 0 aromatic rings. The van der Waals surface area contributed by atoms with Crippen molar-refractivity contribution >= 4 is 25.2 Å². The molecule has 11 nitrogen and oxygen atoms in total. The summed E-state index contributed by atoms with van der Waals surface area (Å²) < 4.78 is 0. The number of aliphatic carboxylic acids is 3. The van der Waals surface area contributed by atoms with Crippen molar-refractivity contribution in [2.24, 2.45) is 0 Å². The van der Waals surface area contributed by atoms with Gasteiger partial charge in [0.25, 0.3) is 0 Å². The molecule has 0 atom stereocenters. The topological polar surface area (TPSA) is 213 Å². The maximum atomic E-state index is 10.3. The molecule has 0 amide bonds. The standard InChI is InChI=1S/C6H8O7.C4H12O4P/c7-3(8)1-6(13,5(11)12)2-4(9)10;5-1-9(2-6,3-7)4-8/h13H,1-2H2,(H,7,8)(H,9,10)(H,11,12);5-8H,1-4H2/q;+1. The fraction of sp³-hybridized carbons (Fsp3) is 0.700. The minimum absolute atomic E-state index is 0.295. The highest BCUT2D eigenvalue weighted by molar-refractivity contribution is 7.75. The summed E-state index contributed by atoms with van der Waals surface area (Å²) in [5.41, 5.74) is -2.74. The van der Waals surface area contributed by atoms with E-state index in [4.69, 9.17) is 40.9 Å². The fourth-order valence-corrected chi connectivity index (χ4v) is 1.52. The molecule has 0 aromatic heterocycles. The minimum Gasteiger partial charge on any atom is -0.481 e. The van der Waals surface area contributed by atoms with Gasteiger partial charge in [-0.05, 0) is 0 Å². The Morgan fingerprint density at radius 1 is 0.727 bits per heavy atom. The molecule has 0 spiro atoms. The van der Waals surface area contributed by atoms with Crippen molar-refractivity contribution in [1.29, 1.82) is 0 Å². The molecule has 0 aliphatic rings. The molecular formula is C10H20O11P+. The van der Waals surface area contributed by atoms with Gasteiger partial charge in [0.1, 0.15) is 7.26 Å². The molecule has 0 aromatic carbocycles. The Morgan fingerprint density at radius 2 is 1.00 bits per heavy atom. The van der Waals surface area contributed by atoms with Gasteiger partial charge in [0.2, 0.25) is 0 Å². The van der Waals surface area contributed by atoms with Gasteiger partial charge < -0.3 is 40.9 Å². The Bertz CT molecular complexity index is 346. The summed E-state index contributed by atoms with van der Waals surface area (Å²) in [6.07, 6.45) is -3.47. The monoisotopic (exact) mass is 347 g/mol. The molecule has 0 fully saturated rings. The van der Waals surface area contributed by atoms with Crippen LogP contribution in [-0.4, -0.2) is 89.8 Å². The van der Waals surface area contributed by atoms with Gasteiger partial charge in [0.15, 0.2) is 31.0 Å². The molecule has 0 saturated carbocycles. The van der Waals surface area contributed by atoms with E-state index in [1.54, 1.807) is 0 Å². The van der Waals surface area contributed by atoms with Crippen LogP contribution in [0.5, 0.6) is 0 Å². The third kappa shape index (κ3) is 8.17. The lowest BCUT2D eigenvalue weighted by atomic mass is 9.96. The normalized spacial score (nSPS) is 11.3. The van der Waals surface area contributed by atoms with Crippen molar-refractivity contribution < 1.29 is 55.2 Å². The van der Waals surface area contributed by atoms with Gasteiger partial charge in [-0.15, -0.1) is 0 Å². The summed E-state index contributed by atoms with van der Waals surface area (Å²) in [7, 11) is -2.20. The van der Waals surface area contributed by atoms with E-state index in [9.17, 15) is 14.4 Å². The molecule has 0 rings (SSSR count). The summed E-state index contributed by atoms with van der Waals surface area (Å²) in [5.74, 6) is -5.02. The Kier molecular flexibility index (Phi) is 10.8. The zero-order valence-corrected chi connectivity index (χ0v) is 12.4. The first-order valence-electron chi connectivity index (χ1n) is 5.70. The second-order valence-electron chi connectivity index (χ2n) is 4.39. The fourth-order valence-electron chi connectivity index (χ4n) is 0.982. The smallest absolute Gasteiger partial charge is 0.336 e. The SMILES string of the molecule is O=C(O)CC(O)(CC(=O)O)C(=O)O.OC[P+](CO)(CO)CO. The average Bonchev–Trinajstić information content (AvgIpc) is 2.40. The summed E-state index contributed by atoms with van der Waals surface area (Å²) in [4.78, 5) is 30.5. The van der Waals surface area contributed by atoms with Crippen LogP contribution in [0.2, 0.25) is 0 Å². The number of aliphatic hydroxyl groups excluding tert-OH is 4. The van der Waals surface area contributed by atoms with E-state index in [2.05, 4.69) is 0 Å². The largest absolute Gasteiger partial charge is 0.481 e. The van der Waals surface area contributed by atoms with E-state index in [1.807, 2.05) is 0 Å². The van der Waals surface area contributed by atoms with Gasteiger partial charge in [-0.1, -0.05) is 0 Å². The predicted octanol–water partition coefficient (Wildman–Crippen LogP) is -2.45. The van der Waals surface area contributed by atoms with E-state index in [0.717, 1.165) is 0 Å². The molecule has 130 valence electrons. The third-order valence-corrected chi connectivity index (χ3v) is 4.89. The number of carboxylic acid groups (broad SMARTS) is 3. The molecule has 0 radical (unpaired) electrons. The lowest BCUT2D eigenvalue weighted by molar-refractivity contribution is -0.170. The Hall–Kier alpha value is -1.36. The number of hydrogen-bond acceptors (Lipinski definition) is 8. The molecule has 22 heavy (non-hydrogen) atoms. The van der Waals surface area contributed by atoms with Gasteiger partial charge in [-0.3, -0.25) is 9.59 Å². The van der Waals surface area contributed by atoms with E-state index in [1.165, 1.54) is 0 Å². The Labute approximate surface area is 125 Å². The van der Waals surface area contributed by atoms with Crippen LogP contribution >= 0.6 is 7.26 Å². The van der Waals surface area contributed by atoms with Gasteiger partial charge in [-0.2, -0.15) is 0 Å². The van der Waals surface area contributed by atoms with Crippen molar-refractivity contribution in [3.8, 4) is 0 Å². The van der Waals surface area contributed by atoms with Crippen molar-refractivity contribution in [3.63, 3.8) is 0 Å². The zero-order valence-electron chi connectivity index (χ0n) is 11.5. The average molecular weight is 347 g/mol. The minimum atomic E-state index is -2.74. The molecule has 12 heteroatoms. The molecule has 0 unspecified atom stereocenters. The first-order chi connectivity index (χ1) is 10.0. The highest BCUT2D eigenvalue weighted by atomic mass is 31.2. The van der Waals surface area contributed by atoms with Gasteiger partial charge in [0.05, 0.1) is 12.8 Å². The van der Waals surface area contributed by atoms with Crippen LogP contribution in [0.25, 0.3) is 0 Å². The molecule has 0 bridgehead atoms. The lowest BCUT2D eigenvalue weighted by Crippen LogP contribution is -2.42. The second kappa shape index (κ2) is 10.4. The van der Waals surface area contributed by atoms with Crippen LogP contribution in [0.1, 0.15) is 12.8 Å². The highest BCUT2D eigenvalue weighted by Crippen LogP contribution is 2.54. The predicted molar refractivity (Wildman–Crippen MR) is 72.4 cm³/mol. The van der Waals surface area contributed by atoms with E-state index in [0.29, 0.717) is 0 Å². The van der Waals surface area contributed by atoms with Gasteiger partial charge >= 0.3 is 17.9 Å². The number of aliphatic hydroxyl groups is 5. The number of carboxylic acids is 3. The first kappa shape index (κ1) is 22.9. The Balaban J connectivity index is 0. The van der Waals surface area contributed by atoms with Crippen molar-refractivity contribution in [3.05, 3.63) is 0 Å². The van der Waals surface area contributed by atoms with Crippen LogP contribution in [0, 0.1) is 0 Å². The summed E-state index contributed by atoms with van der Waals surface area (Å²) in [6, 6.07) is 0. The van der Waals surface area contributed by atoms with E-state index >= 15 is 0 Å². The lowest BCUT2D eigenvalue weighted by Gasteiger charge is -2.18. The maximum Gasteiger partial charge on any atom is 0.336 e. The van der Waals surface area contributed by atoms with Crippen molar-refractivity contribution in [2.45, 2.75) is 18.4 Å². The summed E-state index contributed by atoms with van der Waals surface area (Å²) in [5, 5.41) is 68.0. The second-order valence-corrected chi connectivity index (χ2v) is 8.20. The molecular weight excluding hydrogens is 327 g/mol. The quantitative estimate of drug-likeness (QED) is 0.205. The molecule has 0 aliphatic heterocycles. The van der Waals surface area contributed by atoms with Crippen LogP contribution in [0.4, 0.5) is 0 Å². The molecule has 0 heterocycles.